The van der Waals surface area contributed by atoms with Gasteiger partial charge in [-0.15, -0.1) is 30.6 Å². The number of nitro groups is 1. The van der Waals surface area contributed by atoms with Crippen molar-refractivity contribution in [2.45, 2.75) is 32.7 Å². The van der Waals surface area contributed by atoms with Crippen molar-refractivity contribution in [2.24, 2.45) is 10.9 Å². The van der Waals surface area contributed by atoms with Gasteiger partial charge in [-0.1, -0.05) is 25.1 Å². The lowest BCUT2D eigenvalue weighted by Gasteiger charge is -2.30. The maximum Gasteiger partial charge on any atom is 0.269 e. The van der Waals surface area contributed by atoms with Crippen molar-refractivity contribution in [3.8, 4) is 0 Å². The molecule has 1 saturated heterocycles. The minimum absolute atomic E-state index is 0. The van der Waals surface area contributed by atoms with E-state index in [1.807, 2.05) is 0 Å². The zero-order valence-corrected chi connectivity index (χ0v) is 18.9. The van der Waals surface area contributed by atoms with E-state index in [0.29, 0.717) is 13.1 Å². The van der Waals surface area contributed by atoms with Crippen LogP contribution in [0.25, 0.3) is 0 Å². The first-order valence-corrected chi connectivity index (χ1v) is 9.67. The normalized spacial score (nSPS) is 15.5. The molecule has 2 rings (SSSR count). The Labute approximate surface area is 184 Å². The molecule has 0 radical (unpaired) electrons. The van der Waals surface area contributed by atoms with Crippen LogP contribution in [0.4, 0.5) is 5.69 Å². The Hall–Kier alpha value is -1.68. The van der Waals surface area contributed by atoms with E-state index in [1.54, 1.807) is 18.2 Å². The van der Waals surface area contributed by atoms with Gasteiger partial charge in [0.2, 0.25) is 0 Å². The van der Waals surface area contributed by atoms with Gasteiger partial charge in [0, 0.05) is 25.2 Å². The molecule has 1 heterocycles. The van der Waals surface area contributed by atoms with Crippen LogP contribution in [0.1, 0.15) is 31.7 Å². The number of non-ortho nitro benzene ring substituents is 1. The molecule has 7 nitrogen and oxygen atoms in total. The van der Waals surface area contributed by atoms with Crippen LogP contribution in [0.3, 0.4) is 0 Å². The number of nitrogens with one attached hydrogen (secondary N) is 2. The summed E-state index contributed by atoms with van der Waals surface area (Å²) in [5.74, 6) is 1.60. The summed E-state index contributed by atoms with van der Waals surface area (Å²) in [5.41, 5.74) is 1.03. The van der Waals surface area contributed by atoms with E-state index in [-0.39, 0.29) is 29.7 Å². The fourth-order valence-corrected chi connectivity index (χ4v) is 3.03. The number of nitrogens with zero attached hydrogens (tertiary/aromatic N) is 3. The third-order valence-electron chi connectivity index (χ3n) is 4.80. The van der Waals surface area contributed by atoms with Crippen molar-refractivity contribution >= 4 is 35.6 Å². The minimum Gasteiger partial charge on any atom is -0.356 e. The summed E-state index contributed by atoms with van der Waals surface area (Å²) in [6, 6.07) is 6.50. The average Bonchev–Trinajstić information content (AvgIpc) is 2.68. The highest BCUT2D eigenvalue weighted by molar-refractivity contribution is 14.0. The first-order chi connectivity index (χ1) is 13.1. The van der Waals surface area contributed by atoms with E-state index >= 15 is 0 Å². The van der Waals surface area contributed by atoms with Gasteiger partial charge in [0.25, 0.3) is 5.69 Å². The SMILES string of the molecule is C=CCNC(=NCc1ccc([N+](=O)[O-])cc1)NCCCN1CCC(C)CC1.I. The Balaban J connectivity index is 0.00000392. The maximum atomic E-state index is 10.7. The lowest BCUT2D eigenvalue weighted by molar-refractivity contribution is -0.384. The Morgan fingerprint density at radius 3 is 2.61 bits per heavy atom. The molecule has 0 unspecified atom stereocenters. The summed E-state index contributed by atoms with van der Waals surface area (Å²) >= 11 is 0. The number of nitro benzene ring substituents is 1. The molecule has 1 aliphatic rings. The van der Waals surface area contributed by atoms with Crippen molar-refractivity contribution < 1.29 is 4.92 Å². The lowest BCUT2D eigenvalue weighted by Crippen LogP contribution is -2.40. The first kappa shape index (κ1) is 24.4. The van der Waals surface area contributed by atoms with Crippen molar-refractivity contribution in [1.29, 1.82) is 0 Å². The average molecular weight is 501 g/mol. The molecular formula is C20H32IN5O2. The number of hydrogen-bond donors (Lipinski definition) is 2. The molecule has 1 fully saturated rings. The number of aliphatic imine (C=N–C) groups is 1. The number of likely N-dealkylation sites (tertiary alicyclic amines) is 1. The second-order valence-corrected chi connectivity index (χ2v) is 7.06. The second-order valence-electron chi connectivity index (χ2n) is 7.06. The minimum atomic E-state index is -0.394. The number of piperidine rings is 1. The molecule has 1 aliphatic heterocycles. The van der Waals surface area contributed by atoms with Crippen LogP contribution in [0, 0.1) is 16.0 Å². The number of benzene rings is 1. The molecule has 156 valence electrons. The standard InChI is InChI=1S/C20H31N5O2.HI/c1-3-11-21-20(22-12-4-13-24-14-9-17(2)10-15-24)23-16-18-5-7-19(8-6-18)25(26)27;/h3,5-8,17H,1,4,9-16H2,2H3,(H2,21,22,23);1H. The van der Waals surface area contributed by atoms with E-state index in [9.17, 15) is 10.1 Å². The Kier molecular flexibility index (Phi) is 11.7. The van der Waals surface area contributed by atoms with E-state index < -0.39 is 4.92 Å². The third-order valence-corrected chi connectivity index (χ3v) is 4.80. The second kappa shape index (κ2) is 13.5. The summed E-state index contributed by atoms with van der Waals surface area (Å²) in [6.07, 6.45) is 5.46. The zero-order chi connectivity index (χ0) is 19.5. The van der Waals surface area contributed by atoms with Gasteiger partial charge in [-0.25, -0.2) is 4.99 Å². The number of hydrogen-bond acceptors (Lipinski definition) is 4. The topological polar surface area (TPSA) is 82.8 Å². The van der Waals surface area contributed by atoms with Gasteiger partial charge in [0.15, 0.2) is 5.96 Å². The highest BCUT2D eigenvalue weighted by Gasteiger charge is 2.14. The predicted molar refractivity (Wildman–Crippen MR) is 125 cm³/mol. The van der Waals surface area contributed by atoms with Crippen LogP contribution in [-0.4, -0.2) is 48.5 Å². The smallest absolute Gasteiger partial charge is 0.269 e. The molecular weight excluding hydrogens is 469 g/mol. The molecule has 0 aromatic heterocycles. The van der Waals surface area contributed by atoms with E-state index in [2.05, 4.69) is 34.0 Å². The van der Waals surface area contributed by atoms with Crippen molar-refractivity contribution in [3.63, 3.8) is 0 Å². The van der Waals surface area contributed by atoms with Crippen molar-refractivity contribution in [1.82, 2.24) is 15.5 Å². The lowest BCUT2D eigenvalue weighted by atomic mass is 9.99. The highest BCUT2D eigenvalue weighted by Crippen LogP contribution is 2.15. The van der Waals surface area contributed by atoms with Crippen molar-refractivity contribution in [3.05, 3.63) is 52.6 Å². The van der Waals surface area contributed by atoms with Crippen LogP contribution in [0.5, 0.6) is 0 Å². The van der Waals surface area contributed by atoms with Gasteiger partial charge in [-0.2, -0.15) is 0 Å². The fraction of sp³-hybridized carbons (Fsp3) is 0.550. The molecule has 0 bridgehead atoms. The van der Waals surface area contributed by atoms with Crippen molar-refractivity contribution in [2.75, 3.05) is 32.7 Å². The molecule has 28 heavy (non-hydrogen) atoms. The summed E-state index contributed by atoms with van der Waals surface area (Å²) in [6.45, 7) is 11.5. The zero-order valence-electron chi connectivity index (χ0n) is 16.6. The number of halogens is 1. The summed E-state index contributed by atoms with van der Waals surface area (Å²) in [7, 11) is 0. The van der Waals surface area contributed by atoms with Crippen LogP contribution in [0.15, 0.2) is 41.9 Å². The quantitative estimate of drug-likeness (QED) is 0.103. The van der Waals surface area contributed by atoms with Gasteiger partial charge < -0.3 is 15.5 Å². The Bertz CT molecular complexity index is 628. The molecule has 0 saturated carbocycles. The molecule has 0 aliphatic carbocycles. The summed E-state index contributed by atoms with van der Waals surface area (Å²) in [4.78, 5) is 17.4. The molecule has 0 spiro atoms. The van der Waals surface area contributed by atoms with Crippen LogP contribution in [-0.2, 0) is 6.54 Å². The van der Waals surface area contributed by atoms with Gasteiger partial charge in [0.05, 0.1) is 11.5 Å². The number of guanidine groups is 1. The molecule has 8 heteroatoms. The summed E-state index contributed by atoms with van der Waals surface area (Å²) in [5, 5.41) is 17.3. The highest BCUT2D eigenvalue weighted by atomic mass is 127. The Morgan fingerprint density at radius 2 is 2.00 bits per heavy atom. The van der Waals surface area contributed by atoms with Crippen LogP contribution in [0.2, 0.25) is 0 Å². The monoisotopic (exact) mass is 501 g/mol. The van der Waals surface area contributed by atoms with Gasteiger partial charge in [-0.3, -0.25) is 10.1 Å². The maximum absolute atomic E-state index is 10.7. The molecule has 1 aromatic rings. The van der Waals surface area contributed by atoms with Crippen LogP contribution < -0.4 is 10.6 Å². The summed E-state index contributed by atoms with van der Waals surface area (Å²) < 4.78 is 0. The predicted octanol–water partition coefficient (Wildman–Crippen LogP) is 3.56. The van der Waals surface area contributed by atoms with Gasteiger partial charge in [-0.05, 0) is 50.4 Å². The molecule has 1 aromatic carbocycles. The largest absolute Gasteiger partial charge is 0.356 e. The third kappa shape index (κ3) is 9.01. The molecule has 2 N–H and O–H groups in total. The fourth-order valence-electron chi connectivity index (χ4n) is 3.03. The molecule has 0 atom stereocenters. The first-order valence-electron chi connectivity index (χ1n) is 9.67. The number of rotatable bonds is 9. The van der Waals surface area contributed by atoms with E-state index in [0.717, 1.165) is 37.0 Å². The van der Waals surface area contributed by atoms with Gasteiger partial charge >= 0.3 is 0 Å². The molecule has 0 amide bonds. The van der Waals surface area contributed by atoms with Crippen LogP contribution >= 0.6 is 24.0 Å². The van der Waals surface area contributed by atoms with Gasteiger partial charge in [0.1, 0.15) is 0 Å². The van der Waals surface area contributed by atoms with E-state index in [1.165, 1.54) is 38.1 Å². The Morgan fingerprint density at radius 1 is 1.32 bits per heavy atom. The van der Waals surface area contributed by atoms with E-state index in [4.69, 9.17) is 0 Å².